The Morgan fingerprint density at radius 3 is 2.81 bits per heavy atom. The van der Waals surface area contributed by atoms with Gasteiger partial charge >= 0.3 is 0 Å². The van der Waals surface area contributed by atoms with Gasteiger partial charge in [-0.3, -0.25) is 9.10 Å². The fourth-order valence-electron chi connectivity index (χ4n) is 3.45. The average molecular weight is 387 g/mol. The summed E-state index contributed by atoms with van der Waals surface area (Å²) in [5, 5.41) is 8.88. The first kappa shape index (κ1) is 19.0. The van der Waals surface area contributed by atoms with Crippen molar-refractivity contribution in [3.63, 3.8) is 0 Å². The van der Waals surface area contributed by atoms with Gasteiger partial charge in [0.05, 0.1) is 37.2 Å². The number of rotatable bonds is 6. The van der Waals surface area contributed by atoms with E-state index in [0.29, 0.717) is 30.0 Å². The number of sulfonamides is 1. The van der Waals surface area contributed by atoms with E-state index in [1.54, 1.807) is 41.5 Å². The Kier molecular flexibility index (Phi) is 5.24. The van der Waals surface area contributed by atoms with Crippen LogP contribution < -0.4 is 4.31 Å². The summed E-state index contributed by atoms with van der Waals surface area (Å²) in [6.45, 7) is 2.41. The maximum absolute atomic E-state index is 13.0. The van der Waals surface area contributed by atoms with Crippen LogP contribution in [0.3, 0.4) is 0 Å². The van der Waals surface area contributed by atoms with Gasteiger partial charge in [0.2, 0.25) is 10.0 Å². The molecule has 7 nitrogen and oxygen atoms in total. The van der Waals surface area contributed by atoms with Crippen LogP contribution in [0.5, 0.6) is 0 Å². The highest BCUT2D eigenvalue weighted by Gasteiger charge is 2.33. The summed E-state index contributed by atoms with van der Waals surface area (Å²) in [5.41, 5.74) is 1.92. The van der Waals surface area contributed by atoms with Crippen LogP contribution in [0.1, 0.15) is 35.0 Å². The van der Waals surface area contributed by atoms with Gasteiger partial charge in [-0.25, -0.2) is 8.42 Å². The molecule has 1 amide bonds. The number of nitrogens with zero attached hydrogens (tertiary/aromatic N) is 3. The smallest absolute Gasteiger partial charge is 0.254 e. The van der Waals surface area contributed by atoms with Crippen LogP contribution in [0.25, 0.3) is 0 Å². The third-order valence-corrected chi connectivity index (χ3v) is 5.82. The molecule has 1 atom stereocenters. The van der Waals surface area contributed by atoms with E-state index in [2.05, 4.69) is 6.07 Å². The molecule has 8 heteroatoms. The van der Waals surface area contributed by atoms with Crippen molar-refractivity contribution >= 4 is 21.6 Å². The van der Waals surface area contributed by atoms with Crippen molar-refractivity contribution in [2.45, 2.75) is 32.4 Å². The van der Waals surface area contributed by atoms with Crippen LogP contribution in [0.4, 0.5) is 5.69 Å². The topological polar surface area (TPSA) is 94.6 Å². The summed E-state index contributed by atoms with van der Waals surface area (Å²) in [6.07, 6.45) is 3.50. The molecule has 0 N–H and O–H groups in total. The van der Waals surface area contributed by atoms with E-state index in [0.717, 1.165) is 5.56 Å². The van der Waals surface area contributed by atoms with Crippen molar-refractivity contribution in [1.82, 2.24) is 4.90 Å². The number of nitriles is 1. The third kappa shape index (κ3) is 3.98. The Labute approximate surface area is 158 Å². The Hall–Kier alpha value is -2.79. The second-order valence-electron chi connectivity index (χ2n) is 6.67. The number of furan rings is 1. The van der Waals surface area contributed by atoms with E-state index < -0.39 is 10.0 Å². The lowest BCUT2D eigenvalue weighted by atomic mass is 10.1. The van der Waals surface area contributed by atoms with Crippen LogP contribution >= 0.6 is 0 Å². The fourth-order valence-corrected chi connectivity index (χ4v) is 4.72. The number of anilines is 1. The minimum Gasteiger partial charge on any atom is -0.467 e. The van der Waals surface area contributed by atoms with Crippen molar-refractivity contribution in [3.8, 4) is 6.07 Å². The Morgan fingerprint density at radius 1 is 1.41 bits per heavy atom. The Balaban J connectivity index is 1.88. The molecule has 1 aliphatic rings. The molecule has 0 fully saturated rings. The van der Waals surface area contributed by atoms with Crippen molar-refractivity contribution in [2.24, 2.45) is 0 Å². The number of fused-ring (bicyclic) bond motifs is 1. The van der Waals surface area contributed by atoms with E-state index >= 15 is 0 Å². The monoisotopic (exact) mass is 387 g/mol. The molecule has 2 aromatic rings. The predicted octanol–water partition coefficient (Wildman–Crippen LogP) is 2.55. The highest BCUT2D eigenvalue weighted by Crippen LogP contribution is 2.35. The zero-order valence-electron chi connectivity index (χ0n) is 15.3. The second kappa shape index (κ2) is 7.45. The molecule has 2 heterocycles. The summed E-state index contributed by atoms with van der Waals surface area (Å²) in [6, 6.07) is 10.5. The van der Waals surface area contributed by atoms with E-state index in [-0.39, 0.29) is 24.9 Å². The number of benzene rings is 1. The molecule has 0 bridgehead atoms. The lowest BCUT2D eigenvalue weighted by Crippen LogP contribution is -2.34. The van der Waals surface area contributed by atoms with Gasteiger partial charge in [-0.1, -0.05) is 0 Å². The number of hydrogen-bond donors (Lipinski definition) is 0. The van der Waals surface area contributed by atoms with Gasteiger partial charge in [0.15, 0.2) is 0 Å². The summed E-state index contributed by atoms with van der Waals surface area (Å²) in [5.74, 6) is 0.425. The lowest BCUT2D eigenvalue weighted by Gasteiger charge is -2.23. The van der Waals surface area contributed by atoms with Gasteiger partial charge < -0.3 is 9.32 Å². The van der Waals surface area contributed by atoms with Gasteiger partial charge in [-0.05, 0) is 49.2 Å². The van der Waals surface area contributed by atoms with Crippen molar-refractivity contribution in [2.75, 3.05) is 17.1 Å². The molecule has 142 valence electrons. The number of amides is 1. The molecule has 0 aliphatic carbocycles. The van der Waals surface area contributed by atoms with Crippen LogP contribution in [-0.4, -0.2) is 38.1 Å². The molecular weight excluding hydrogens is 366 g/mol. The van der Waals surface area contributed by atoms with Gasteiger partial charge in [0.1, 0.15) is 5.76 Å². The van der Waals surface area contributed by atoms with Gasteiger partial charge in [0, 0.05) is 18.2 Å². The molecule has 27 heavy (non-hydrogen) atoms. The van der Waals surface area contributed by atoms with Crippen molar-refractivity contribution in [1.29, 1.82) is 5.26 Å². The molecule has 0 radical (unpaired) electrons. The first-order chi connectivity index (χ1) is 12.8. The maximum Gasteiger partial charge on any atom is 0.254 e. The zero-order valence-corrected chi connectivity index (χ0v) is 16.1. The number of carbonyl (C=O) groups excluding carboxylic acids is 1. The number of carbonyl (C=O) groups is 1. The first-order valence-corrected chi connectivity index (χ1v) is 10.5. The average Bonchev–Trinajstić information content (AvgIpc) is 3.22. The molecule has 3 rings (SSSR count). The van der Waals surface area contributed by atoms with Crippen LogP contribution in [-0.2, 0) is 23.0 Å². The van der Waals surface area contributed by atoms with Gasteiger partial charge in [0.25, 0.3) is 5.91 Å². The largest absolute Gasteiger partial charge is 0.467 e. The Bertz CT molecular complexity index is 977. The van der Waals surface area contributed by atoms with Gasteiger partial charge in [-0.15, -0.1) is 0 Å². The standard InChI is InChI=1S/C19H21N3O4S/c1-14-11-16-12-15(6-7-18(16)22(14)27(2,24)25)19(23)21(9-4-8-20)13-17-5-3-10-26-17/h3,5-7,10,12,14H,4,9,11,13H2,1-2H3. The third-order valence-electron chi connectivity index (χ3n) is 4.54. The van der Waals surface area contributed by atoms with Crippen LogP contribution in [0, 0.1) is 11.3 Å². The minimum atomic E-state index is -3.37. The summed E-state index contributed by atoms with van der Waals surface area (Å²) in [4.78, 5) is 14.5. The van der Waals surface area contributed by atoms with E-state index in [1.165, 1.54) is 10.6 Å². The predicted molar refractivity (Wildman–Crippen MR) is 101 cm³/mol. The normalized spacial score (nSPS) is 16.0. The molecule has 1 aliphatic heterocycles. The molecule has 0 spiro atoms. The van der Waals surface area contributed by atoms with E-state index in [9.17, 15) is 13.2 Å². The molecule has 0 saturated heterocycles. The SMILES string of the molecule is CC1Cc2cc(C(=O)N(CCC#N)Cc3ccco3)ccc2N1S(C)(=O)=O. The summed E-state index contributed by atoms with van der Waals surface area (Å²) >= 11 is 0. The van der Waals surface area contributed by atoms with Gasteiger partial charge in [-0.2, -0.15) is 5.26 Å². The Morgan fingerprint density at radius 2 is 2.19 bits per heavy atom. The molecule has 1 unspecified atom stereocenters. The molecule has 0 saturated carbocycles. The molecular formula is C19H21N3O4S. The highest BCUT2D eigenvalue weighted by molar-refractivity contribution is 7.92. The number of hydrogen-bond acceptors (Lipinski definition) is 5. The highest BCUT2D eigenvalue weighted by atomic mass is 32.2. The summed E-state index contributed by atoms with van der Waals surface area (Å²) < 4.78 is 30.8. The quantitative estimate of drug-likeness (QED) is 0.759. The van der Waals surface area contributed by atoms with E-state index in [4.69, 9.17) is 9.68 Å². The fraction of sp³-hybridized carbons (Fsp3) is 0.368. The first-order valence-electron chi connectivity index (χ1n) is 8.62. The zero-order chi connectivity index (χ0) is 19.6. The van der Waals surface area contributed by atoms with E-state index in [1.807, 2.05) is 6.92 Å². The van der Waals surface area contributed by atoms with Crippen molar-refractivity contribution in [3.05, 3.63) is 53.5 Å². The molecule has 1 aromatic heterocycles. The lowest BCUT2D eigenvalue weighted by molar-refractivity contribution is 0.0735. The molecule has 1 aromatic carbocycles. The summed E-state index contributed by atoms with van der Waals surface area (Å²) in [7, 11) is -3.37. The van der Waals surface area contributed by atoms with Crippen molar-refractivity contribution < 1.29 is 17.6 Å². The second-order valence-corrected chi connectivity index (χ2v) is 8.53. The minimum absolute atomic E-state index is 0.182. The van der Waals surface area contributed by atoms with Crippen LogP contribution in [0.2, 0.25) is 0 Å². The maximum atomic E-state index is 13.0. The van der Waals surface area contributed by atoms with Crippen LogP contribution in [0.15, 0.2) is 41.0 Å².